The molecule has 0 aliphatic carbocycles. The molecule has 0 unspecified atom stereocenters. The second-order valence-electron chi connectivity index (χ2n) is 10.6. The van der Waals surface area contributed by atoms with E-state index < -0.39 is 5.60 Å². The molecule has 4 rings (SSSR count). The van der Waals surface area contributed by atoms with Crippen molar-refractivity contribution in [2.24, 2.45) is 0 Å². The summed E-state index contributed by atoms with van der Waals surface area (Å²) in [7, 11) is 3.37. The molecular weight excluding hydrogens is 499 g/mol. The number of likely N-dealkylation sites (tertiary alicyclic amines) is 2. The van der Waals surface area contributed by atoms with E-state index in [1.54, 1.807) is 32.4 Å². The summed E-state index contributed by atoms with van der Waals surface area (Å²) < 4.78 is 37.5. The highest BCUT2D eigenvalue weighted by Gasteiger charge is 2.34. The van der Waals surface area contributed by atoms with Gasteiger partial charge < -0.3 is 23.8 Å². The van der Waals surface area contributed by atoms with Crippen molar-refractivity contribution < 1.29 is 28.1 Å². The van der Waals surface area contributed by atoms with Crippen molar-refractivity contribution in [1.82, 2.24) is 9.80 Å². The maximum Gasteiger partial charge on any atom is 0.222 e. The van der Waals surface area contributed by atoms with Gasteiger partial charge in [-0.25, -0.2) is 4.39 Å². The van der Waals surface area contributed by atoms with Gasteiger partial charge in [0, 0.05) is 39.7 Å². The van der Waals surface area contributed by atoms with Crippen molar-refractivity contribution in [1.29, 1.82) is 0 Å². The van der Waals surface area contributed by atoms with Crippen molar-refractivity contribution in [3.05, 3.63) is 53.8 Å². The first-order valence-electron chi connectivity index (χ1n) is 14.2. The van der Waals surface area contributed by atoms with Crippen LogP contribution in [0.1, 0.15) is 56.9 Å². The molecular formula is C31H43FN2O5. The lowest BCUT2D eigenvalue weighted by atomic mass is 9.95. The minimum Gasteiger partial charge on any atom is -0.493 e. The van der Waals surface area contributed by atoms with Crippen LogP contribution in [-0.2, 0) is 16.1 Å². The van der Waals surface area contributed by atoms with Crippen LogP contribution in [0.25, 0.3) is 0 Å². The van der Waals surface area contributed by atoms with Gasteiger partial charge in [-0.3, -0.25) is 9.69 Å². The molecule has 39 heavy (non-hydrogen) atoms. The fourth-order valence-corrected chi connectivity index (χ4v) is 5.46. The van der Waals surface area contributed by atoms with E-state index in [0.717, 1.165) is 89.0 Å². The second-order valence-corrected chi connectivity index (χ2v) is 10.6. The van der Waals surface area contributed by atoms with Crippen molar-refractivity contribution in [2.45, 2.75) is 63.5 Å². The summed E-state index contributed by atoms with van der Waals surface area (Å²) in [5.74, 6) is 1.62. The van der Waals surface area contributed by atoms with Gasteiger partial charge in [0.25, 0.3) is 0 Å². The third kappa shape index (κ3) is 8.32. The molecule has 1 amide bonds. The smallest absolute Gasteiger partial charge is 0.222 e. The third-order valence-corrected chi connectivity index (χ3v) is 7.89. The Morgan fingerprint density at radius 3 is 2.59 bits per heavy atom. The van der Waals surface area contributed by atoms with Crippen LogP contribution in [0.3, 0.4) is 0 Å². The van der Waals surface area contributed by atoms with Crippen LogP contribution in [0, 0.1) is 5.82 Å². The zero-order chi connectivity index (χ0) is 27.5. The van der Waals surface area contributed by atoms with Crippen LogP contribution >= 0.6 is 0 Å². The molecule has 214 valence electrons. The molecule has 0 saturated carbocycles. The number of para-hydroxylation sites is 1. The molecule has 8 heteroatoms. The average Bonchev–Trinajstić information content (AvgIpc) is 3.29. The van der Waals surface area contributed by atoms with E-state index in [0.29, 0.717) is 25.4 Å². The number of rotatable bonds is 12. The Bertz CT molecular complexity index is 1070. The highest BCUT2D eigenvalue weighted by atomic mass is 19.1. The molecule has 2 fully saturated rings. The minimum absolute atomic E-state index is 0.263. The van der Waals surface area contributed by atoms with Crippen LogP contribution in [-0.4, -0.2) is 74.9 Å². The molecule has 0 bridgehead atoms. The first-order valence-corrected chi connectivity index (χ1v) is 14.2. The Labute approximate surface area is 232 Å². The Morgan fingerprint density at radius 1 is 0.897 bits per heavy atom. The molecule has 0 radical (unpaired) electrons. The van der Waals surface area contributed by atoms with E-state index in [1.807, 2.05) is 11.0 Å². The molecule has 0 aromatic heterocycles. The van der Waals surface area contributed by atoms with Gasteiger partial charge in [-0.15, -0.1) is 0 Å². The fraction of sp³-hybridized carbons (Fsp3) is 0.581. The van der Waals surface area contributed by atoms with Crippen LogP contribution in [0.15, 0.2) is 42.5 Å². The summed E-state index contributed by atoms with van der Waals surface area (Å²) in [4.78, 5) is 16.6. The van der Waals surface area contributed by atoms with E-state index in [4.69, 9.17) is 18.9 Å². The van der Waals surface area contributed by atoms with Crippen LogP contribution in [0.4, 0.5) is 4.39 Å². The number of hydrogen-bond donors (Lipinski definition) is 0. The average molecular weight is 543 g/mol. The van der Waals surface area contributed by atoms with Crippen LogP contribution in [0.2, 0.25) is 0 Å². The number of carbonyl (C=O) groups is 1. The highest BCUT2D eigenvalue weighted by Crippen LogP contribution is 2.31. The van der Waals surface area contributed by atoms with E-state index in [2.05, 4.69) is 17.0 Å². The van der Waals surface area contributed by atoms with Gasteiger partial charge in [0.1, 0.15) is 12.2 Å². The lowest BCUT2D eigenvalue weighted by molar-refractivity contribution is -0.130. The number of amides is 1. The molecule has 7 nitrogen and oxygen atoms in total. The topological polar surface area (TPSA) is 60.5 Å². The second kappa shape index (κ2) is 14.5. The first-order chi connectivity index (χ1) is 19.0. The Morgan fingerprint density at radius 2 is 1.77 bits per heavy atom. The first kappa shape index (κ1) is 29.2. The van der Waals surface area contributed by atoms with Gasteiger partial charge in [0.2, 0.25) is 5.91 Å². The largest absolute Gasteiger partial charge is 0.493 e. The SMILES string of the molecule is COc1ccc(CN2CCC[C@](COc3ccccc3F)(OC)CC2)cc1OCCCN1CCCCCC1=O. The zero-order valence-corrected chi connectivity index (χ0v) is 23.5. The third-order valence-electron chi connectivity index (χ3n) is 7.89. The molecule has 2 aliphatic rings. The van der Waals surface area contributed by atoms with Crippen LogP contribution in [0.5, 0.6) is 17.2 Å². The summed E-state index contributed by atoms with van der Waals surface area (Å²) in [6.07, 6.45) is 7.29. The maximum atomic E-state index is 14.0. The molecule has 2 saturated heterocycles. The Balaban J connectivity index is 1.29. The number of halogens is 1. The van der Waals surface area contributed by atoms with Crippen molar-refractivity contribution in [2.75, 3.05) is 53.6 Å². The summed E-state index contributed by atoms with van der Waals surface area (Å²) in [5.41, 5.74) is 0.709. The Hall–Kier alpha value is -2.84. The van der Waals surface area contributed by atoms with Crippen LogP contribution < -0.4 is 14.2 Å². The number of carbonyl (C=O) groups excluding carboxylic acids is 1. The van der Waals surface area contributed by atoms with Gasteiger partial charge in [0.15, 0.2) is 23.1 Å². The number of ether oxygens (including phenoxy) is 4. The molecule has 2 heterocycles. The number of hydrogen-bond acceptors (Lipinski definition) is 6. The van der Waals surface area contributed by atoms with E-state index >= 15 is 0 Å². The quantitative estimate of drug-likeness (QED) is 0.332. The number of benzene rings is 2. The lowest BCUT2D eigenvalue weighted by Crippen LogP contribution is -2.39. The standard InChI is InChI=1S/C31H43FN2O5/c1-36-28-14-13-25(22-29(28)38-21-9-19-34-18-7-3-4-12-30(34)35)23-33-17-8-15-31(37-2,16-20-33)24-39-27-11-6-5-10-26(27)32/h5-6,10-11,13-14,22H,3-4,7-9,12,15-21,23-24H2,1-2H3/t31-/m0/s1. The van der Waals surface area contributed by atoms with E-state index in [9.17, 15) is 9.18 Å². The highest BCUT2D eigenvalue weighted by molar-refractivity contribution is 5.76. The molecule has 0 spiro atoms. The zero-order valence-electron chi connectivity index (χ0n) is 23.5. The van der Waals surface area contributed by atoms with E-state index in [-0.39, 0.29) is 17.5 Å². The molecule has 2 aromatic rings. The molecule has 2 aromatic carbocycles. The minimum atomic E-state index is -0.444. The van der Waals surface area contributed by atoms with Gasteiger partial charge in [0.05, 0.1) is 13.7 Å². The lowest BCUT2D eigenvalue weighted by Gasteiger charge is -2.31. The fourth-order valence-electron chi connectivity index (χ4n) is 5.46. The number of nitrogens with zero attached hydrogens (tertiary/aromatic N) is 2. The number of methoxy groups -OCH3 is 2. The summed E-state index contributed by atoms with van der Waals surface area (Å²) in [5, 5.41) is 0. The predicted octanol–water partition coefficient (Wildman–Crippen LogP) is 5.46. The van der Waals surface area contributed by atoms with Gasteiger partial charge in [-0.1, -0.05) is 24.6 Å². The maximum absolute atomic E-state index is 14.0. The van der Waals surface area contributed by atoms with Crippen molar-refractivity contribution >= 4 is 5.91 Å². The van der Waals surface area contributed by atoms with Gasteiger partial charge in [-0.2, -0.15) is 0 Å². The van der Waals surface area contributed by atoms with E-state index in [1.165, 1.54) is 6.07 Å². The molecule has 2 aliphatic heterocycles. The normalized spacial score (nSPS) is 20.8. The summed E-state index contributed by atoms with van der Waals surface area (Å²) in [6, 6.07) is 12.6. The Kier molecular flexibility index (Phi) is 10.9. The summed E-state index contributed by atoms with van der Waals surface area (Å²) >= 11 is 0. The molecule has 1 atom stereocenters. The van der Waals surface area contributed by atoms with Gasteiger partial charge in [-0.05, 0) is 74.9 Å². The van der Waals surface area contributed by atoms with Gasteiger partial charge >= 0.3 is 0 Å². The van der Waals surface area contributed by atoms with Crippen molar-refractivity contribution in [3.63, 3.8) is 0 Å². The predicted molar refractivity (Wildman–Crippen MR) is 149 cm³/mol. The van der Waals surface area contributed by atoms with Crippen molar-refractivity contribution in [3.8, 4) is 17.2 Å². The summed E-state index contributed by atoms with van der Waals surface area (Å²) in [6.45, 7) is 5.02. The monoisotopic (exact) mass is 542 g/mol. The molecule has 0 N–H and O–H groups in total.